The molecule has 6 nitrogen and oxygen atoms in total. The van der Waals surface area contributed by atoms with Crippen molar-refractivity contribution in [1.29, 1.82) is 0 Å². The minimum absolute atomic E-state index is 0.119. The topological polar surface area (TPSA) is 66.2 Å². The van der Waals surface area contributed by atoms with Crippen molar-refractivity contribution >= 4 is 41.0 Å². The van der Waals surface area contributed by atoms with E-state index in [0.717, 1.165) is 12.1 Å². The van der Waals surface area contributed by atoms with Crippen LogP contribution in [0.3, 0.4) is 0 Å². The Morgan fingerprint density at radius 2 is 2.08 bits per heavy atom. The maximum atomic E-state index is 12.8. The number of nitrogens with one attached hydrogen (secondary N) is 2. The monoisotopic (exact) mass is 373 g/mol. The van der Waals surface area contributed by atoms with Gasteiger partial charge in [-0.1, -0.05) is 12.1 Å². The van der Waals surface area contributed by atoms with E-state index in [0.29, 0.717) is 12.2 Å². The Bertz CT molecular complexity index is 728. The van der Waals surface area contributed by atoms with E-state index in [1.165, 1.54) is 43.5 Å². The first-order valence-corrected chi connectivity index (χ1v) is 9.56. The number of hydrogen-bond donors (Lipinski definition) is 2. The SMILES string of the molecule is Cc1cccc(N2C(=O)[C@H](C=NCC[NH+]3CCCCC3)C(=O)NC2=S)c1. The van der Waals surface area contributed by atoms with Crippen LogP contribution < -0.4 is 15.1 Å². The summed E-state index contributed by atoms with van der Waals surface area (Å²) in [4.78, 5) is 32.3. The molecular weight excluding hydrogens is 348 g/mol. The molecular formula is C19H25N4O2S+. The van der Waals surface area contributed by atoms with Gasteiger partial charge in [-0.3, -0.25) is 19.5 Å². The van der Waals surface area contributed by atoms with Crippen LogP contribution in [0.2, 0.25) is 0 Å². The minimum Gasteiger partial charge on any atom is -0.333 e. The first-order valence-electron chi connectivity index (χ1n) is 9.15. The second kappa shape index (κ2) is 8.51. The lowest BCUT2D eigenvalue weighted by molar-refractivity contribution is -0.903. The highest BCUT2D eigenvalue weighted by molar-refractivity contribution is 7.80. The van der Waals surface area contributed by atoms with E-state index in [-0.39, 0.29) is 11.0 Å². The van der Waals surface area contributed by atoms with Crippen molar-refractivity contribution in [2.45, 2.75) is 26.2 Å². The van der Waals surface area contributed by atoms with Gasteiger partial charge in [-0.2, -0.15) is 0 Å². The Labute approximate surface area is 159 Å². The van der Waals surface area contributed by atoms with E-state index in [1.54, 1.807) is 4.90 Å². The lowest BCUT2D eigenvalue weighted by atomic mass is 10.1. The first kappa shape index (κ1) is 18.7. The summed E-state index contributed by atoms with van der Waals surface area (Å²) < 4.78 is 0. The van der Waals surface area contributed by atoms with E-state index in [2.05, 4.69) is 10.3 Å². The fourth-order valence-corrected chi connectivity index (χ4v) is 3.73. The Morgan fingerprint density at radius 1 is 1.31 bits per heavy atom. The normalized spacial score (nSPS) is 22.1. The summed E-state index contributed by atoms with van der Waals surface area (Å²) in [5.41, 5.74) is 1.68. The van der Waals surface area contributed by atoms with Crippen LogP contribution in [0.5, 0.6) is 0 Å². The van der Waals surface area contributed by atoms with Gasteiger partial charge in [-0.05, 0) is 56.1 Å². The second-order valence-electron chi connectivity index (χ2n) is 6.90. The molecule has 7 heteroatoms. The third kappa shape index (κ3) is 4.34. The van der Waals surface area contributed by atoms with E-state index < -0.39 is 11.8 Å². The molecule has 0 saturated carbocycles. The first-order chi connectivity index (χ1) is 12.6. The number of anilines is 1. The van der Waals surface area contributed by atoms with E-state index in [1.807, 2.05) is 31.2 Å². The molecule has 0 radical (unpaired) electrons. The van der Waals surface area contributed by atoms with Crippen molar-refractivity contribution in [2.24, 2.45) is 10.9 Å². The van der Waals surface area contributed by atoms with Gasteiger partial charge in [-0.15, -0.1) is 0 Å². The number of piperidine rings is 1. The predicted molar refractivity (Wildman–Crippen MR) is 106 cm³/mol. The van der Waals surface area contributed by atoms with Gasteiger partial charge in [0.1, 0.15) is 0 Å². The minimum atomic E-state index is -0.932. The zero-order valence-electron chi connectivity index (χ0n) is 15.0. The van der Waals surface area contributed by atoms with Crippen LogP contribution in [-0.4, -0.2) is 49.3 Å². The molecule has 138 valence electrons. The smallest absolute Gasteiger partial charge is 0.251 e. The molecule has 1 atom stereocenters. The van der Waals surface area contributed by atoms with Gasteiger partial charge in [-0.25, -0.2) is 0 Å². The van der Waals surface area contributed by atoms with Crippen molar-refractivity contribution in [3.63, 3.8) is 0 Å². The summed E-state index contributed by atoms with van der Waals surface area (Å²) in [5.74, 6) is -1.69. The van der Waals surface area contributed by atoms with Crippen molar-refractivity contribution in [3.05, 3.63) is 29.8 Å². The van der Waals surface area contributed by atoms with Crippen LogP contribution in [0.25, 0.3) is 0 Å². The van der Waals surface area contributed by atoms with Gasteiger partial charge in [0.15, 0.2) is 11.0 Å². The van der Waals surface area contributed by atoms with Gasteiger partial charge in [0.25, 0.3) is 5.91 Å². The zero-order chi connectivity index (χ0) is 18.5. The number of amides is 2. The lowest BCUT2D eigenvalue weighted by Crippen LogP contribution is -3.13. The van der Waals surface area contributed by atoms with E-state index >= 15 is 0 Å². The molecule has 2 heterocycles. The van der Waals surface area contributed by atoms with Gasteiger partial charge < -0.3 is 10.2 Å². The number of aryl methyl sites for hydroxylation is 1. The molecule has 1 aromatic carbocycles. The number of carbonyl (C=O) groups excluding carboxylic acids is 2. The number of aliphatic imine (C=N–C) groups is 1. The molecule has 0 aromatic heterocycles. The molecule has 26 heavy (non-hydrogen) atoms. The standard InChI is InChI=1S/C19H24N4O2S/c1-14-6-5-7-15(12-14)23-18(25)16(17(24)21-19(23)26)13-20-8-11-22-9-3-2-4-10-22/h5-7,12-13,16H,2-4,8-11H2,1H3,(H,21,24,26)/p+1/t16-/m1/s1. The molecule has 3 rings (SSSR count). The number of carbonyl (C=O) groups is 2. The quantitative estimate of drug-likeness (QED) is 0.449. The Morgan fingerprint density at radius 3 is 2.81 bits per heavy atom. The molecule has 2 amide bonds. The second-order valence-corrected chi connectivity index (χ2v) is 7.29. The summed E-state index contributed by atoms with van der Waals surface area (Å²) in [6.45, 7) is 5.89. The summed E-state index contributed by atoms with van der Waals surface area (Å²) in [6, 6.07) is 7.49. The Kier molecular flexibility index (Phi) is 6.11. The molecule has 2 saturated heterocycles. The number of rotatable bonds is 5. The fraction of sp³-hybridized carbons (Fsp3) is 0.474. The summed E-state index contributed by atoms with van der Waals surface area (Å²) >= 11 is 5.21. The number of quaternary nitrogens is 1. The van der Waals surface area contributed by atoms with Crippen LogP contribution in [0, 0.1) is 12.8 Å². The summed E-state index contributed by atoms with van der Waals surface area (Å²) in [5, 5.41) is 2.74. The van der Waals surface area contributed by atoms with E-state index in [4.69, 9.17) is 12.2 Å². The Hall–Kier alpha value is -2.12. The molecule has 0 spiro atoms. The molecule has 0 unspecified atom stereocenters. The number of likely N-dealkylation sites (tertiary alicyclic amines) is 1. The zero-order valence-corrected chi connectivity index (χ0v) is 15.8. The highest BCUT2D eigenvalue weighted by atomic mass is 32.1. The van der Waals surface area contributed by atoms with Crippen molar-refractivity contribution in [2.75, 3.05) is 31.1 Å². The molecule has 0 bridgehead atoms. The highest BCUT2D eigenvalue weighted by Crippen LogP contribution is 2.21. The van der Waals surface area contributed by atoms with Crippen LogP contribution in [-0.2, 0) is 9.59 Å². The highest BCUT2D eigenvalue weighted by Gasteiger charge is 2.38. The van der Waals surface area contributed by atoms with Crippen LogP contribution in [0.1, 0.15) is 24.8 Å². The molecule has 1 aromatic rings. The van der Waals surface area contributed by atoms with Crippen LogP contribution >= 0.6 is 12.2 Å². The van der Waals surface area contributed by atoms with Crippen LogP contribution in [0.4, 0.5) is 5.69 Å². The lowest BCUT2D eigenvalue weighted by Gasteiger charge is -2.31. The summed E-state index contributed by atoms with van der Waals surface area (Å²) in [6.07, 6.45) is 5.33. The van der Waals surface area contributed by atoms with Crippen molar-refractivity contribution in [3.8, 4) is 0 Å². The van der Waals surface area contributed by atoms with Gasteiger partial charge in [0.05, 0.1) is 31.9 Å². The maximum Gasteiger partial charge on any atom is 0.251 e. The number of nitrogens with zero attached hydrogens (tertiary/aromatic N) is 2. The van der Waals surface area contributed by atoms with Crippen LogP contribution in [0.15, 0.2) is 29.3 Å². The number of benzene rings is 1. The summed E-state index contributed by atoms with van der Waals surface area (Å²) in [7, 11) is 0. The van der Waals surface area contributed by atoms with Gasteiger partial charge in [0, 0.05) is 6.21 Å². The average Bonchev–Trinajstić information content (AvgIpc) is 2.61. The molecule has 0 aliphatic carbocycles. The van der Waals surface area contributed by atoms with Crippen molar-refractivity contribution in [1.82, 2.24) is 5.32 Å². The van der Waals surface area contributed by atoms with Gasteiger partial charge >= 0.3 is 0 Å². The molecule has 2 aliphatic rings. The third-order valence-electron chi connectivity index (χ3n) is 4.87. The number of thiocarbonyl (C=S) groups is 1. The molecule has 2 fully saturated rings. The third-order valence-corrected chi connectivity index (χ3v) is 5.16. The fourth-order valence-electron chi connectivity index (χ4n) is 3.44. The predicted octanol–water partition coefficient (Wildman–Crippen LogP) is 0.499. The average molecular weight is 374 g/mol. The van der Waals surface area contributed by atoms with Gasteiger partial charge in [0.2, 0.25) is 5.91 Å². The molecule has 2 aliphatic heterocycles. The largest absolute Gasteiger partial charge is 0.333 e. The Balaban J connectivity index is 1.66. The van der Waals surface area contributed by atoms with Crippen molar-refractivity contribution < 1.29 is 14.5 Å². The number of hydrogen-bond acceptors (Lipinski definition) is 4. The molecule has 2 N–H and O–H groups in total. The maximum absolute atomic E-state index is 12.8. The van der Waals surface area contributed by atoms with E-state index in [9.17, 15) is 9.59 Å².